The molecule has 0 bridgehead atoms. The molecule has 0 aliphatic heterocycles. The van der Waals surface area contributed by atoms with Crippen molar-refractivity contribution >= 4 is 16.3 Å². The molecule has 0 aromatic carbocycles. The molecule has 0 N–H and O–H groups in total. The highest BCUT2D eigenvalue weighted by Gasteiger charge is 2.08. The zero-order chi connectivity index (χ0) is 9.26. The number of aromatic nitrogens is 2. The molecule has 0 unspecified atom stereocenters. The summed E-state index contributed by atoms with van der Waals surface area (Å²) in [6.07, 6.45) is 3.36. The Morgan fingerprint density at radius 1 is 1.69 bits per heavy atom. The Morgan fingerprint density at radius 3 is 3.31 bits per heavy atom. The maximum atomic E-state index is 8.50. The molecule has 0 saturated carbocycles. The zero-order valence-electron chi connectivity index (χ0n) is 7.32. The van der Waals surface area contributed by atoms with E-state index < -0.39 is 0 Å². The predicted molar refractivity (Wildman–Crippen MR) is 51.7 cm³/mol. The predicted octanol–water partition coefficient (Wildman–Crippen LogP) is 2.16. The molecule has 66 valence electrons. The maximum absolute atomic E-state index is 8.50. The summed E-state index contributed by atoms with van der Waals surface area (Å²) in [5, 5.41) is 10.5. The fourth-order valence-corrected chi connectivity index (χ4v) is 2.19. The minimum Gasteiger partial charge on any atom is -0.294 e. The van der Waals surface area contributed by atoms with Gasteiger partial charge in [0.05, 0.1) is 11.8 Å². The van der Waals surface area contributed by atoms with E-state index in [4.69, 9.17) is 5.26 Å². The molecule has 2 rings (SSSR count). The Kier molecular flexibility index (Phi) is 2.03. The molecule has 0 aliphatic carbocycles. The monoisotopic (exact) mass is 191 g/mol. The fourth-order valence-electron chi connectivity index (χ4n) is 1.42. The summed E-state index contributed by atoms with van der Waals surface area (Å²) in [5.41, 5.74) is 2.21. The standard InChI is InChI=1S/C9H9N3S/c1-7-8(3-2-4-10)12-5-6-13-9(12)11-7/h5-6H,2-3H2,1H3. The Labute approximate surface area is 80.3 Å². The van der Waals surface area contributed by atoms with Crippen molar-refractivity contribution in [1.29, 1.82) is 5.26 Å². The van der Waals surface area contributed by atoms with E-state index in [0.29, 0.717) is 6.42 Å². The summed E-state index contributed by atoms with van der Waals surface area (Å²) in [7, 11) is 0. The fraction of sp³-hybridized carbons (Fsp3) is 0.333. The van der Waals surface area contributed by atoms with Crippen molar-refractivity contribution in [2.75, 3.05) is 0 Å². The van der Waals surface area contributed by atoms with Gasteiger partial charge in [-0.15, -0.1) is 11.3 Å². The largest absolute Gasteiger partial charge is 0.294 e. The van der Waals surface area contributed by atoms with Gasteiger partial charge in [-0.1, -0.05) is 0 Å². The van der Waals surface area contributed by atoms with Crippen molar-refractivity contribution in [3.05, 3.63) is 23.0 Å². The number of hydrogen-bond donors (Lipinski definition) is 0. The van der Waals surface area contributed by atoms with Crippen LogP contribution < -0.4 is 0 Å². The molecule has 4 heteroatoms. The van der Waals surface area contributed by atoms with Crippen molar-refractivity contribution in [2.24, 2.45) is 0 Å². The Bertz CT molecular complexity index is 461. The second kappa shape index (κ2) is 3.19. The van der Waals surface area contributed by atoms with Crippen LogP contribution in [0.1, 0.15) is 17.8 Å². The molecule has 2 aromatic heterocycles. The lowest BCUT2D eigenvalue weighted by atomic mass is 10.2. The number of nitriles is 1. The number of imidazole rings is 1. The molecule has 3 nitrogen and oxygen atoms in total. The third kappa shape index (κ3) is 1.31. The number of fused-ring (bicyclic) bond motifs is 1. The smallest absolute Gasteiger partial charge is 0.194 e. The summed E-state index contributed by atoms with van der Waals surface area (Å²) < 4.78 is 2.07. The second-order valence-electron chi connectivity index (χ2n) is 2.86. The molecule has 0 saturated heterocycles. The van der Waals surface area contributed by atoms with Crippen molar-refractivity contribution < 1.29 is 0 Å². The van der Waals surface area contributed by atoms with Crippen LogP contribution in [0.5, 0.6) is 0 Å². The van der Waals surface area contributed by atoms with Crippen molar-refractivity contribution in [3.63, 3.8) is 0 Å². The van der Waals surface area contributed by atoms with Gasteiger partial charge < -0.3 is 0 Å². The summed E-state index contributed by atoms with van der Waals surface area (Å²) in [5.74, 6) is 0. The highest BCUT2D eigenvalue weighted by Crippen LogP contribution is 2.17. The second-order valence-corrected chi connectivity index (χ2v) is 3.73. The van der Waals surface area contributed by atoms with Crippen LogP contribution in [0.2, 0.25) is 0 Å². The van der Waals surface area contributed by atoms with E-state index in [1.54, 1.807) is 11.3 Å². The van der Waals surface area contributed by atoms with E-state index in [0.717, 1.165) is 22.8 Å². The van der Waals surface area contributed by atoms with E-state index in [1.165, 1.54) is 0 Å². The van der Waals surface area contributed by atoms with Gasteiger partial charge in [-0.3, -0.25) is 4.40 Å². The molecule has 2 heterocycles. The third-order valence-corrected chi connectivity index (χ3v) is 2.79. The van der Waals surface area contributed by atoms with E-state index in [9.17, 15) is 0 Å². The number of rotatable bonds is 2. The lowest BCUT2D eigenvalue weighted by molar-refractivity contribution is 0.919. The molecule has 13 heavy (non-hydrogen) atoms. The van der Waals surface area contributed by atoms with Crippen LogP contribution in [-0.2, 0) is 6.42 Å². The average Bonchev–Trinajstić information content (AvgIpc) is 2.62. The molecule has 0 atom stereocenters. The minimum atomic E-state index is 0.560. The zero-order valence-corrected chi connectivity index (χ0v) is 8.14. The van der Waals surface area contributed by atoms with Gasteiger partial charge in [0.25, 0.3) is 0 Å². The lowest BCUT2D eigenvalue weighted by Crippen LogP contribution is -1.91. The van der Waals surface area contributed by atoms with Crippen LogP contribution in [-0.4, -0.2) is 9.38 Å². The Balaban J connectivity index is 2.46. The van der Waals surface area contributed by atoms with Crippen LogP contribution in [0.4, 0.5) is 0 Å². The number of hydrogen-bond acceptors (Lipinski definition) is 3. The highest BCUT2D eigenvalue weighted by atomic mass is 32.1. The van der Waals surface area contributed by atoms with Crippen molar-refractivity contribution in [1.82, 2.24) is 9.38 Å². The number of nitrogens with zero attached hydrogens (tertiary/aromatic N) is 3. The summed E-state index contributed by atoms with van der Waals surface area (Å²) >= 11 is 1.62. The van der Waals surface area contributed by atoms with Gasteiger partial charge in [0.1, 0.15) is 0 Å². The van der Waals surface area contributed by atoms with Gasteiger partial charge in [-0.05, 0) is 6.92 Å². The Morgan fingerprint density at radius 2 is 2.54 bits per heavy atom. The van der Waals surface area contributed by atoms with Gasteiger partial charge in [0.15, 0.2) is 4.96 Å². The van der Waals surface area contributed by atoms with Crippen molar-refractivity contribution in [2.45, 2.75) is 19.8 Å². The number of thiazole rings is 1. The topological polar surface area (TPSA) is 41.1 Å². The van der Waals surface area contributed by atoms with Gasteiger partial charge in [0, 0.05) is 30.1 Å². The first-order valence-electron chi connectivity index (χ1n) is 4.11. The number of aryl methyl sites for hydroxylation is 2. The average molecular weight is 191 g/mol. The van der Waals surface area contributed by atoms with Crippen LogP contribution in [0.3, 0.4) is 0 Å². The van der Waals surface area contributed by atoms with Gasteiger partial charge in [-0.25, -0.2) is 4.98 Å². The first-order valence-corrected chi connectivity index (χ1v) is 4.99. The summed E-state index contributed by atoms with van der Waals surface area (Å²) in [6, 6.07) is 2.15. The first-order chi connectivity index (χ1) is 6.33. The SMILES string of the molecule is Cc1nc2sccn2c1CCC#N. The molecule has 2 aromatic rings. The first kappa shape index (κ1) is 8.27. The quantitative estimate of drug-likeness (QED) is 0.729. The molecular formula is C9H9N3S. The molecule has 0 aliphatic rings. The maximum Gasteiger partial charge on any atom is 0.194 e. The molecule has 0 radical (unpaired) electrons. The normalized spacial score (nSPS) is 10.5. The van der Waals surface area contributed by atoms with Crippen LogP contribution >= 0.6 is 11.3 Å². The van der Waals surface area contributed by atoms with E-state index in [-0.39, 0.29) is 0 Å². The van der Waals surface area contributed by atoms with E-state index in [1.807, 2.05) is 18.5 Å². The summed E-state index contributed by atoms with van der Waals surface area (Å²) in [4.78, 5) is 5.42. The van der Waals surface area contributed by atoms with Crippen LogP contribution in [0.15, 0.2) is 11.6 Å². The lowest BCUT2D eigenvalue weighted by Gasteiger charge is -1.95. The van der Waals surface area contributed by atoms with E-state index >= 15 is 0 Å². The minimum absolute atomic E-state index is 0.560. The van der Waals surface area contributed by atoms with Crippen LogP contribution in [0, 0.1) is 18.3 Å². The molecule has 0 amide bonds. The molecular weight excluding hydrogens is 182 g/mol. The van der Waals surface area contributed by atoms with Gasteiger partial charge in [0.2, 0.25) is 0 Å². The molecule has 0 fully saturated rings. The molecule has 0 spiro atoms. The third-order valence-electron chi connectivity index (χ3n) is 2.03. The highest BCUT2D eigenvalue weighted by molar-refractivity contribution is 7.15. The van der Waals surface area contributed by atoms with Crippen molar-refractivity contribution in [3.8, 4) is 6.07 Å². The summed E-state index contributed by atoms with van der Waals surface area (Å²) in [6.45, 7) is 1.99. The van der Waals surface area contributed by atoms with Gasteiger partial charge >= 0.3 is 0 Å². The Hall–Kier alpha value is -1.34. The van der Waals surface area contributed by atoms with Gasteiger partial charge in [-0.2, -0.15) is 5.26 Å². The van der Waals surface area contributed by atoms with Crippen LogP contribution in [0.25, 0.3) is 4.96 Å². The van der Waals surface area contributed by atoms with E-state index in [2.05, 4.69) is 15.5 Å².